The van der Waals surface area contributed by atoms with Gasteiger partial charge in [-0.15, -0.1) is 0 Å². The molecule has 2 N–H and O–H groups in total. The van der Waals surface area contributed by atoms with E-state index in [1.165, 1.54) is 5.56 Å². The quantitative estimate of drug-likeness (QED) is 0.755. The summed E-state index contributed by atoms with van der Waals surface area (Å²) in [5.41, 5.74) is 2.11. The molecule has 22 heavy (non-hydrogen) atoms. The average molecular weight is 291 g/mol. The van der Waals surface area contributed by atoms with Crippen LogP contribution in [0.2, 0.25) is 0 Å². The number of hydrogen-bond donors (Lipinski definition) is 2. The fourth-order valence-corrected chi connectivity index (χ4v) is 2.10. The summed E-state index contributed by atoms with van der Waals surface area (Å²) in [5, 5.41) is 6.18. The highest BCUT2D eigenvalue weighted by atomic mass is 15.2. The number of anilines is 3. The van der Waals surface area contributed by atoms with E-state index in [9.17, 15) is 0 Å². The van der Waals surface area contributed by atoms with Crippen molar-refractivity contribution in [2.24, 2.45) is 0 Å². The van der Waals surface area contributed by atoms with Crippen molar-refractivity contribution >= 4 is 17.6 Å². The van der Waals surface area contributed by atoms with Crippen LogP contribution >= 0.6 is 0 Å². The summed E-state index contributed by atoms with van der Waals surface area (Å²) in [5.74, 6) is 1.82. The number of hydrogen-bond acceptors (Lipinski definition) is 5. The zero-order valence-corrected chi connectivity index (χ0v) is 12.3. The van der Waals surface area contributed by atoms with E-state index in [4.69, 9.17) is 0 Å². The largest absolute Gasteiger partial charge is 0.357 e. The Morgan fingerprint density at radius 3 is 2.09 bits per heavy atom. The second-order valence-corrected chi connectivity index (χ2v) is 4.80. The van der Waals surface area contributed by atoms with Crippen molar-refractivity contribution in [2.75, 3.05) is 17.7 Å². The lowest BCUT2D eigenvalue weighted by atomic mass is 10.1. The van der Waals surface area contributed by atoms with Crippen molar-refractivity contribution in [3.63, 3.8) is 0 Å². The molecular weight excluding hydrogens is 274 g/mol. The third kappa shape index (κ3) is 3.58. The lowest BCUT2D eigenvalue weighted by molar-refractivity contribution is 0.929. The van der Waals surface area contributed by atoms with E-state index in [2.05, 4.69) is 37.7 Å². The Balaban J connectivity index is 1.86. The van der Waals surface area contributed by atoms with Gasteiger partial charge in [-0.25, -0.2) is 0 Å². The molecule has 110 valence electrons. The molecule has 1 heterocycles. The minimum Gasteiger partial charge on any atom is -0.357 e. The van der Waals surface area contributed by atoms with Crippen LogP contribution in [0.3, 0.4) is 0 Å². The Hall–Kier alpha value is -2.95. The van der Waals surface area contributed by atoms with Crippen LogP contribution in [0.1, 0.15) is 11.4 Å². The summed E-state index contributed by atoms with van der Waals surface area (Å²) >= 11 is 0. The smallest absolute Gasteiger partial charge is 0.232 e. The molecule has 5 heteroatoms. The van der Waals surface area contributed by atoms with Gasteiger partial charge in [0.15, 0.2) is 0 Å². The summed E-state index contributed by atoms with van der Waals surface area (Å²) in [6, 6.07) is 20.0. The van der Waals surface area contributed by atoms with Crippen molar-refractivity contribution < 1.29 is 0 Å². The fourth-order valence-electron chi connectivity index (χ4n) is 2.10. The molecule has 2 aromatic carbocycles. The molecular formula is C17H17N5. The molecule has 0 fully saturated rings. The van der Waals surface area contributed by atoms with Gasteiger partial charge in [-0.3, -0.25) is 0 Å². The van der Waals surface area contributed by atoms with E-state index in [0.717, 1.165) is 11.5 Å². The van der Waals surface area contributed by atoms with E-state index in [1.807, 2.05) is 48.5 Å². The maximum atomic E-state index is 4.50. The second-order valence-electron chi connectivity index (χ2n) is 4.80. The van der Waals surface area contributed by atoms with Crippen molar-refractivity contribution in [3.8, 4) is 0 Å². The van der Waals surface area contributed by atoms with E-state index < -0.39 is 0 Å². The fraction of sp³-hybridized carbons (Fsp3) is 0.118. The van der Waals surface area contributed by atoms with Crippen molar-refractivity contribution in [3.05, 3.63) is 72.1 Å². The Bertz CT molecular complexity index is 669. The van der Waals surface area contributed by atoms with Gasteiger partial charge in [0.25, 0.3) is 0 Å². The highest BCUT2D eigenvalue weighted by Crippen LogP contribution is 2.15. The average Bonchev–Trinajstić information content (AvgIpc) is 2.56. The Labute approximate surface area is 129 Å². The van der Waals surface area contributed by atoms with Gasteiger partial charge >= 0.3 is 0 Å². The summed E-state index contributed by atoms with van der Waals surface area (Å²) in [4.78, 5) is 13.3. The van der Waals surface area contributed by atoms with E-state index >= 15 is 0 Å². The molecule has 1 aromatic heterocycles. The van der Waals surface area contributed by atoms with Crippen molar-refractivity contribution in [1.82, 2.24) is 15.0 Å². The lowest BCUT2D eigenvalue weighted by Gasteiger charge is -2.08. The van der Waals surface area contributed by atoms with Gasteiger partial charge in [0.1, 0.15) is 5.82 Å². The van der Waals surface area contributed by atoms with Gasteiger partial charge < -0.3 is 10.6 Å². The molecule has 0 radical (unpaired) electrons. The van der Waals surface area contributed by atoms with Crippen LogP contribution in [0.25, 0.3) is 0 Å². The van der Waals surface area contributed by atoms with Crippen LogP contribution in [0.5, 0.6) is 0 Å². The van der Waals surface area contributed by atoms with Gasteiger partial charge in [0.05, 0.1) is 0 Å². The number of nitrogens with one attached hydrogen (secondary N) is 2. The van der Waals surface area contributed by atoms with Gasteiger partial charge in [-0.1, -0.05) is 48.5 Å². The third-order valence-corrected chi connectivity index (χ3v) is 3.14. The number of para-hydroxylation sites is 1. The van der Waals surface area contributed by atoms with Crippen LogP contribution in [0.4, 0.5) is 17.6 Å². The van der Waals surface area contributed by atoms with Crippen LogP contribution < -0.4 is 10.6 Å². The second kappa shape index (κ2) is 6.67. The third-order valence-electron chi connectivity index (χ3n) is 3.14. The number of nitrogens with zero attached hydrogens (tertiary/aromatic N) is 3. The van der Waals surface area contributed by atoms with Gasteiger partial charge in [-0.05, 0) is 17.7 Å². The maximum Gasteiger partial charge on any atom is 0.232 e. The zero-order valence-electron chi connectivity index (χ0n) is 12.3. The first kappa shape index (κ1) is 14.0. The highest BCUT2D eigenvalue weighted by Gasteiger charge is 2.07. The molecule has 0 aliphatic carbocycles. The first-order chi connectivity index (χ1) is 10.8. The molecule has 0 aliphatic heterocycles. The van der Waals surface area contributed by atoms with Gasteiger partial charge in [-0.2, -0.15) is 15.0 Å². The minimum absolute atomic E-state index is 0.538. The van der Waals surface area contributed by atoms with Crippen LogP contribution in [0.15, 0.2) is 60.7 Å². The summed E-state index contributed by atoms with van der Waals surface area (Å²) in [7, 11) is 1.80. The lowest BCUT2D eigenvalue weighted by Crippen LogP contribution is -2.07. The number of aromatic nitrogens is 3. The number of benzene rings is 2. The molecule has 0 unspecified atom stereocenters. The number of rotatable bonds is 5. The highest BCUT2D eigenvalue weighted by molar-refractivity contribution is 5.53. The van der Waals surface area contributed by atoms with Crippen LogP contribution in [-0.4, -0.2) is 22.0 Å². The molecule has 3 rings (SSSR count). The predicted molar refractivity (Wildman–Crippen MR) is 88.3 cm³/mol. The molecule has 0 amide bonds. The normalized spacial score (nSPS) is 10.2. The SMILES string of the molecule is CNc1nc(Cc2ccccc2)nc(Nc2ccccc2)n1. The monoisotopic (exact) mass is 291 g/mol. The molecule has 0 spiro atoms. The summed E-state index contributed by atoms with van der Waals surface area (Å²) in [6.45, 7) is 0. The zero-order chi connectivity index (χ0) is 15.2. The molecule has 0 saturated carbocycles. The van der Waals surface area contributed by atoms with E-state index in [1.54, 1.807) is 7.05 Å². The van der Waals surface area contributed by atoms with Gasteiger partial charge in [0.2, 0.25) is 11.9 Å². The van der Waals surface area contributed by atoms with Crippen molar-refractivity contribution in [1.29, 1.82) is 0 Å². The molecule has 5 nitrogen and oxygen atoms in total. The minimum atomic E-state index is 0.538. The van der Waals surface area contributed by atoms with Crippen LogP contribution in [0, 0.1) is 0 Å². The summed E-state index contributed by atoms with van der Waals surface area (Å²) < 4.78 is 0. The topological polar surface area (TPSA) is 62.7 Å². The molecule has 3 aromatic rings. The first-order valence-corrected chi connectivity index (χ1v) is 7.12. The maximum absolute atomic E-state index is 4.50. The van der Waals surface area contributed by atoms with Crippen molar-refractivity contribution in [2.45, 2.75) is 6.42 Å². The van der Waals surface area contributed by atoms with E-state index in [-0.39, 0.29) is 0 Å². The predicted octanol–water partition coefficient (Wildman–Crippen LogP) is 3.25. The Kier molecular flexibility index (Phi) is 4.25. The molecule has 0 bridgehead atoms. The summed E-state index contributed by atoms with van der Waals surface area (Å²) in [6.07, 6.45) is 0.668. The Morgan fingerprint density at radius 1 is 0.773 bits per heavy atom. The first-order valence-electron chi connectivity index (χ1n) is 7.12. The van der Waals surface area contributed by atoms with E-state index in [0.29, 0.717) is 18.3 Å². The standard InChI is InChI=1S/C17H17N5/c1-18-16-20-15(12-13-8-4-2-5-9-13)21-17(22-16)19-14-10-6-3-7-11-14/h2-11H,12H2,1H3,(H2,18,19,20,21,22). The van der Waals surface area contributed by atoms with Gasteiger partial charge in [0, 0.05) is 19.2 Å². The Morgan fingerprint density at radius 2 is 1.41 bits per heavy atom. The molecule has 0 atom stereocenters. The molecule has 0 aliphatic rings. The van der Waals surface area contributed by atoms with Crippen LogP contribution in [-0.2, 0) is 6.42 Å². The molecule has 0 saturated heterocycles.